The molecule has 2 aromatic rings. The molecular formula is C20H28N4O2S. The molecule has 7 heteroatoms. The van der Waals surface area contributed by atoms with Crippen LogP contribution in [0.5, 0.6) is 0 Å². The van der Waals surface area contributed by atoms with E-state index in [4.69, 9.17) is 4.74 Å². The van der Waals surface area contributed by atoms with E-state index in [-0.39, 0.29) is 12.0 Å². The van der Waals surface area contributed by atoms with Crippen molar-refractivity contribution in [1.29, 1.82) is 0 Å². The Kier molecular flexibility index (Phi) is 7.79. The minimum Gasteiger partial charge on any atom is -0.462 e. The fourth-order valence-corrected chi connectivity index (χ4v) is 3.61. The summed E-state index contributed by atoms with van der Waals surface area (Å²) >= 11 is 1.36. The number of thiazole rings is 1. The maximum Gasteiger partial charge on any atom is 0.350 e. The maximum absolute atomic E-state index is 12.0. The molecule has 2 rings (SSSR count). The van der Waals surface area contributed by atoms with Crippen molar-refractivity contribution in [1.82, 2.24) is 15.6 Å². The number of esters is 1. The summed E-state index contributed by atoms with van der Waals surface area (Å²) in [5, 5.41) is 7.48. The molecule has 0 radical (unpaired) electrons. The molecular weight excluding hydrogens is 360 g/mol. The van der Waals surface area contributed by atoms with Gasteiger partial charge in [-0.25, -0.2) is 9.78 Å². The van der Waals surface area contributed by atoms with Gasteiger partial charge in [0.25, 0.3) is 0 Å². The summed E-state index contributed by atoms with van der Waals surface area (Å²) in [6, 6.07) is 8.42. The summed E-state index contributed by atoms with van der Waals surface area (Å²) in [5.41, 5.74) is 3.25. The number of aryl methyl sites for hydroxylation is 2. The number of aliphatic imine (C=N–C) groups is 1. The minimum absolute atomic E-state index is 0.0675. The van der Waals surface area contributed by atoms with Crippen LogP contribution in [0.15, 0.2) is 29.3 Å². The molecule has 0 saturated carbocycles. The third-order valence-corrected chi connectivity index (χ3v) is 5.33. The third-order valence-electron chi connectivity index (χ3n) is 4.01. The molecule has 1 aromatic carbocycles. The topological polar surface area (TPSA) is 75.6 Å². The standard InChI is InChI=1S/C20H28N4O2S/c1-6-26-19(25)17-14(3)23-18(27-17)15(4)24-20(21-5)22-11-10-16-9-7-8-13(2)12-16/h7-9,12,15H,6,10-11H2,1-5H3,(H2,21,22,24). The summed E-state index contributed by atoms with van der Waals surface area (Å²) in [5.74, 6) is 0.396. The molecule has 1 aromatic heterocycles. The van der Waals surface area contributed by atoms with Crippen molar-refractivity contribution in [2.24, 2.45) is 4.99 Å². The number of aromatic nitrogens is 1. The SMILES string of the molecule is CCOC(=O)c1sc(C(C)NC(=NC)NCCc2cccc(C)c2)nc1C. The van der Waals surface area contributed by atoms with Crippen LogP contribution in [0, 0.1) is 13.8 Å². The first-order chi connectivity index (χ1) is 12.9. The molecule has 1 heterocycles. The second-order valence-corrected chi connectivity index (χ2v) is 7.32. The highest BCUT2D eigenvalue weighted by molar-refractivity contribution is 7.13. The number of rotatable bonds is 7. The Morgan fingerprint density at radius 1 is 1.37 bits per heavy atom. The van der Waals surface area contributed by atoms with Crippen molar-refractivity contribution < 1.29 is 9.53 Å². The van der Waals surface area contributed by atoms with Crippen LogP contribution < -0.4 is 10.6 Å². The first kappa shape index (κ1) is 20.9. The Balaban J connectivity index is 1.92. The van der Waals surface area contributed by atoms with Crippen molar-refractivity contribution in [3.8, 4) is 0 Å². The number of ether oxygens (including phenoxy) is 1. The molecule has 0 aliphatic carbocycles. The van der Waals surface area contributed by atoms with Crippen molar-refractivity contribution in [3.63, 3.8) is 0 Å². The monoisotopic (exact) mass is 388 g/mol. The first-order valence-electron chi connectivity index (χ1n) is 9.11. The maximum atomic E-state index is 12.0. The van der Waals surface area contributed by atoms with Gasteiger partial charge >= 0.3 is 5.97 Å². The van der Waals surface area contributed by atoms with Gasteiger partial charge in [-0.05, 0) is 39.7 Å². The first-order valence-corrected chi connectivity index (χ1v) is 9.93. The lowest BCUT2D eigenvalue weighted by Crippen LogP contribution is -2.39. The Morgan fingerprint density at radius 2 is 2.15 bits per heavy atom. The molecule has 0 aliphatic rings. The number of hydrogen-bond acceptors (Lipinski definition) is 5. The molecule has 6 nitrogen and oxygen atoms in total. The molecule has 0 amide bonds. The van der Waals surface area contributed by atoms with E-state index in [0.29, 0.717) is 23.1 Å². The van der Waals surface area contributed by atoms with E-state index in [1.807, 2.05) is 13.8 Å². The smallest absolute Gasteiger partial charge is 0.350 e. The Bertz CT molecular complexity index is 801. The fraction of sp³-hybridized carbons (Fsp3) is 0.450. The molecule has 0 bridgehead atoms. The van der Waals surface area contributed by atoms with Gasteiger partial charge in [0, 0.05) is 13.6 Å². The Morgan fingerprint density at radius 3 is 2.81 bits per heavy atom. The molecule has 0 spiro atoms. The highest BCUT2D eigenvalue weighted by atomic mass is 32.1. The van der Waals surface area contributed by atoms with Gasteiger partial charge in [-0.2, -0.15) is 0 Å². The zero-order chi connectivity index (χ0) is 19.8. The Hall–Kier alpha value is -2.41. The normalized spacial score (nSPS) is 12.6. The Labute approximate surface area is 165 Å². The lowest BCUT2D eigenvalue weighted by atomic mass is 10.1. The molecule has 1 unspecified atom stereocenters. The number of nitrogens with one attached hydrogen (secondary N) is 2. The lowest BCUT2D eigenvalue weighted by molar-refractivity contribution is 0.0531. The van der Waals surface area contributed by atoms with Crippen LogP contribution in [0.4, 0.5) is 0 Å². The van der Waals surface area contributed by atoms with Crippen molar-refractivity contribution in [2.45, 2.75) is 40.2 Å². The van der Waals surface area contributed by atoms with Crippen LogP contribution in [0.2, 0.25) is 0 Å². The predicted octanol–water partition coefficient (Wildman–Crippen LogP) is 3.41. The van der Waals surface area contributed by atoms with Gasteiger partial charge in [-0.15, -0.1) is 11.3 Å². The van der Waals surface area contributed by atoms with E-state index in [9.17, 15) is 4.79 Å². The van der Waals surface area contributed by atoms with Crippen LogP contribution in [-0.2, 0) is 11.2 Å². The highest BCUT2D eigenvalue weighted by Gasteiger charge is 2.20. The summed E-state index contributed by atoms with van der Waals surface area (Å²) < 4.78 is 5.08. The van der Waals surface area contributed by atoms with Gasteiger partial charge in [-0.3, -0.25) is 4.99 Å². The average Bonchev–Trinajstić information content (AvgIpc) is 3.03. The largest absolute Gasteiger partial charge is 0.462 e. The quantitative estimate of drug-likeness (QED) is 0.432. The zero-order valence-electron chi connectivity index (χ0n) is 16.6. The van der Waals surface area contributed by atoms with Crippen LogP contribution in [-0.4, -0.2) is 37.1 Å². The van der Waals surface area contributed by atoms with Crippen LogP contribution in [0.25, 0.3) is 0 Å². The number of hydrogen-bond donors (Lipinski definition) is 2. The van der Waals surface area contributed by atoms with Crippen molar-refractivity contribution in [2.75, 3.05) is 20.2 Å². The number of carbonyl (C=O) groups excluding carboxylic acids is 1. The van der Waals surface area contributed by atoms with Crippen molar-refractivity contribution >= 4 is 23.3 Å². The van der Waals surface area contributed by atoms with Gasteiger partial charge in [-0.1, -0.05) is 29.8 Å². The van der Waals surface area contributed by atoms with Crippen LogP contribution in [0.3, 0.4) is 0 Å². The molecule has 0 fully saturated rings. The number of benzene rings is 1. The van der Waals surface area contributed by atoms with Crippen LogP contribution >= 0.6 is 11.3 Å². The lowest BCUT2D eigenvalue weighted by Gasteiger charge is -2.16. The number of carbonyl (C=O) groups is 1. The van der Waals surface area contributed by atoms with E-state index in [1.54, 1.807) is 14.0 Å². The summed E-state index contributed by atoms with van der Waals surface area (Å²) in [6.45, 7) is 8.86. The van der Waals surface area contributed by atoms with E-state index >= 15 is 0 Å². The molecule has 2 N–H and O–H groups in total. The molecule has 1 atom stereocenters. The van der Waals surface area contributed by atoms with E-state index < -0.39 is 0 Å². The second kappa shape index (κ2) is 10.1. The number of guanidine groups is 1. The summed E-state index contributed by atoms with van der Waals surface area (Å²) in [7, 11) is 1.74. The van der Waals surface area contributed by atoms with E-state index in [1.165, 1.54) is 22.5 Å². The fourth-order valence-electron chi connectivity index (χ4n) is 2.64. The molecule has 0 saturated heterocycles. The minimum atomic E-state index is -0.313. The van der Waals surface area contributed by atoms with Gasteiger partial charge in [0.2, 0.25) is 0 Å². The molecule has 27 heavy (non-hydrogen) atoms. The highest BCUT2D eigenvalue weighted by Crippen LogP contribution is 2.24. The summed E-state index contributed by atoms with van der Waals surface area (Å²) in [6.07, 6.45) is 0.917. The number of nitrogens with zero attached hydrogens (tertiary/aromatic N) is 2. The van der Waals surface area contributed by atoms with Gasteiger partial charge in [0.05, 0.1) is 18.3 Å². The zero-order valence-corrected chi connectivity index (χ0v) is 17.4. The predicted molar refractivity (Wildman–Crippen MR) is 111 cm³/mol. The summed E-state index contributed by atoms with van der Waals surface area (Å²) in [4.78, 5) is 21.3. The van der Waals surface area contributed by atoms with Crippen LogP contribution in [0.1, 0.15) is 51.4 Å². The van der Waals surface area contributed by atoms with E-state index in [2.05, 4.69) is 51.8 Å². The van der Waals surface area contributed by atoms with Gasteiger partial charge in [0.15, 0.2) is 5.96 Å². The second-order valence-electron chi connectivity index (χ2n) is 6.29. The third kappa shape index (κ3) is 6.06. The average molecular weight is 389 g/mol. The van der Waals surface area contributed by atoms with Gasteiger partial charge in [0.1, 0.15) is 9.88 Å². The molecule has 0 aliphatic heterocycles. The van der Waals surface area contributed by atoms with E-state index in [0.717, 1.165) is 18.0 Å². The van der Waals surface area contributed by atoms with Gasteiger partial charge < -0.3 is 15.4 Å². The van der Waals surface area contributed by atoms with Crippen molar-refractivity contribution in [3.05, 3.63) is 51.0 Å². The molecule has 146 valence electrons.